The van der Waals surface area contributed by atoms with Gasteiger partial charge >= 0.3 is 0 Å². The van der Waals surface area contributed by atoms with E-state index in [1.807, 2.05) is 0 Å². The van der Waals surface area contributed by atoms with Crippen LogP contribution in [0.2, 0.25) is 5.02 Å². The van der Waals surface area contributed by atoms with Crippen LogP contribution in [0.5, 0.6) is 5.75 Å². The molecule has 1 saturated heterocycles. The van der Waals surface area contributed by atoms with Gasteiger partial charge in [-0.25, -0.2) is 0 Å². The third-order valence-corrected chi connectivity index (χ3v) is 5.17. The van der Waals surface area contributed by atoms with E-state index in [1.165, 1.54) is 30.2 Å². The summed E-state index contributed by atoms with van der Waals surface area (Å²) in [6, 6.07) is 8.49. The first-order valence-electron chi connectivity index (χ1n) is 9.02. The summed E-state index contributed by atoms with van der Waals surface area (Å²) in [7, 11) is 1.50. The lowest BCUT2D eigenvalue weighted by atomic mass is 10.1. The smallest absolute Gasteiger partial charge is 0.272 e. The summed E-state index contributed by atoms with van der Waals surface area (Å²) in [5, 5.41) is 14.1. The van der Waals surface area contributed by atoms with Gasteiger partial charge in [-0.15, -0.1) is 0 Å². The molecule has 0 saturated carbocycles. The molecule has 2 aromatic rings. The summed E-state index contributed by atoms with van der Waals surface area (Å²) in [4.78, 5) is 37.7. The highest BCUT2D eigenvalue weighted by atomic mass is 35.5. The molecule has 9 heteroatoms. The van der Waals surface area contributed by atoms with Crippen molar-refractivity contribution in [3.05, 3.63) is 62.7 Å². The lowest BCUT2D eigenvalue weighted by Gasteiger charge is -2.24. The van der Waals surface area contributed by atoms with Crippen LogP contribution in [0.4, 0.5) is 11.4 Å². The lowest BCUT2D eigenvalue weighted by Crippen LogP contribution is -2.43. The molecule has 2 amide bonds. The van der Waals surface area contributed by atoms with Crippen molar-refractivity contribution in [2.24, 2.45) is 0 Å². The predicted octanol–water partition coefficient (Wildman–Crippen LogP) is 3.81. The summed E-state index contributed by atoms with van der Waals surface area (Å²) in [5.41, 5.74) is 1.18. The number of halogens is 1. The van der Waals surface area contributed by atoms with Crippen LogP contribution in [0, 0.1) is 17.0 Å². The third-order valence-electron chi connectivity index (χ3n) is 4.88. The molecule has 1 N–H and O–H groups in total. The molecule has 8 nitrogen and oxygen atoms in total. The van der Waals surface area contributed by atoms with Crippen LogP contribution < -0.4 is 10.1 Å². The molecule has 3 rings (SSSR count). The second kappa shape index (κ2) is 8.48. The van der Waals surface area contributed by atoms with Gasteiger partial charge in [0.2, 0.25) is 5.91 Å². The van der Waals surface area contributed by atoms with Crippen LogP contribution in [-0.2, 0) is 4.79 Å². The Kier molecular flexibility index (Phi) is 6.03. The van der Waals surface area contributed by atoms with E-state index in [4.69, 9.17) is 16.3 Å². The van der Waals surface area contributed by atoms with E-state index in [0.717, 1.165) is 0 Å². The zero-order chi connectivity index (χ0) is 21.1. The second-order valence-corrected chi connectivity index (χ2v) is 7.16. The molecule has 0 radical (unpaired) electrons. The first-order chi connectivity index (χ1) is 13.8. The Bertz CT molecular complexity index is 979. The number of nitro benzene ring substituents is 1. The van der Waals surface area contributed by atoms with E-state index in [2.05, 4.69) is 5.32 Å². The fourth-order valence-electron chi connectivity index (χ4n) is 3.41. The van der Waals surface area contributed by atoms with Gasteiger partial charge in [0.05, 0.1) is 17.1 Å². The van der Waals surface area contributed by atoms with Crippen molar-refractivity contribution >= 4 is 34.8 Å². The highest BCUT2D eigenvalue weighted by molar-refractivity contribution is 6.32. The van der Waals surface area contributed by atoms with E-state index in [-0.39, 0.29) is 17.5 Å². The number of hydrogen-bond acceptors (Lipinski definition) is 5. The summed E-state index contributed by atoms with van der Waals surface area (Å²) in [6.07, 6.45) is 1.23. The summed E-state index contributed by atoms with van der Waals surface area (Å²) in [5.74, 6) is -0.139. The highest BCUT2D eigenvalue weighted by Crippen LogP contribution is 2.28. The van der Waals surface area contributed by atoms with Gasteiger partial charge in [0.25, 0.3) is 11.6 Å². The molecule has 2 aromatic carbocycles. The Morgan fingerprint density at radius 2 is 2.03 bits per heavy atom. The number of carbonyl (C=O) groups is 2. The molecule has 0 bridgehead atoms. The molecule has 0 aromatic heterocycles. The Morgan fingerprint density at radius 3 is 2.66 bits per heavy atom. The van der Waals surface area contributed by atoms with Gasteiger partial charge in [-0.2, -0.15) is 0 Å². The number of likely N-dealkylation sites (tertiary alicyclic amines) is 1. The molecule has 1 fully saturated rings. The van der Waals surface area contributed by atoms with E-state index in [9.17, 15) is 19.7 Å². The number of carbonyl (C=O) groups excluding carboxylic acids is 2. The average Bonchev–Trinajstić information content (AvgIpc) is 3.17. The third kappa shape index (κ3) is 4.32. The number of anilines is 1. The van der Waals surface area contributed by atoms with Crippen molar-refractivity contribution in [1.82, 2.24) is 4.90 Å². The fourth-order valence-corrected chi connectivity index (χ4v) is 3.67. The topological polar surface area (TPSA) is 102 Å². The first-order valence-corrected chi connectivity index (χ1v) is 9.40. The molecule has 1 heterocycles. The molecule has 1 aliphatic rings. The van der Waals surface area contributed by atoms with E-state index >= 15 is 0 Å². The summed E-state index contributed by atoms with van der Waals surface area (Å²) in [6.45, 7) is 2.02. The van der Waals surface area contributed by atoms with Crippen LogP contribution in [0.15, 0.2) is 36.4 Å². The van der Waals surface area contributed by atoms with Crippen molar-refractivity contribution < 1.29 is 19.2 Å². The molecular formula is C20H20ClN3O5. The Morgan fingerprint density at radius 1 is 1.28 bits per heavy atom. The maximum absolute atomic E-state index is 12.9. The summed E-state index contributed by atoms with van der Waals surface area (Å²) >= 11 is 6.09. The molecule has 1 atom stereocenters. The van der Waals surface area contributed by atoms with Gasteiger partial charge in [0, 0.05) is 29.4 Å². The number of benzene rings is 2. The van der Waals surface area contributed by atoms with Crippen molar-refractivity contribution in [2.45, 2.75) is 25.8 Å². The average molecular weight is 418 g/mol. The monoisotopic (exact) mass is 417 g/mol. The fraction of sp³-hybridized carbons (Fsp3) is 0.300. The van der Waals surface area contributed by atoms with Crippen molar-refractivity contribution in [1.29, 1.82) is 0 Å². The van der Waals surface area contributed by atoms with Gasteiger partial charge < -0.3 is 15.0 Å². The SMILES string of the molecule is COc1ccc(NC(=O)C2CCCN2C(=O)c2ccc([N+](=O)[O-])c(C)c2)cc1Cl. The van der Waals surface area contributed by atoms with Crippen LogP contribution in [-0.4, -0.2) is 41.3 Å². The highest BCUT2D eigenvalue weighted by Gasteiger charge is 2.35. The van der Waals surface area contributed by atoms with Crippen molar-refractivity contribution in [2.75, 3.05) is 19.0 Å². The minimum Gasteiger partial charge on any atom is -0.495 e. The standard InChI is InChI=1S/C20H20ClN3O5/c1-12-10-13(5-7-16(12)24(27)28)20(26)23-9-3-4-17(23)19(25)22-14-6-8-18(29-2)15(21)11-14/h5-8,10-11,17H,3-4,9H2,1-2H3,(H,22,25). The number of nitrogens with one attached hydrogen (secondary N) is 1. The number of hydrogen-bond donors (Lipinski definition) is 1. The number of rotatable bonds is 5. The van der Waals surface area contributed by atoms with Gasteiger partial charge in [-0.3, -0.25) is 19.7 Å². The maximum atomic E-state index is 12.9. The quantitative estimate of drug-likeness (QED) is 0.588. The second-order valence-electron chi connectivity index (χ2n) is 6.75. The largest absolute Gasteiger partial charge is 0.495 e. The molecule has 29 heavy (non-hydrogen) atoms. The molecule has 1 aliphatic heterocycles. The van der Waals surface area contributed by atoms with E-state index in [1.54, 1.807) is 25.1 Å². The van der Waals surface area contributed by atoms with Crippen molar-refractivity contribution in [3.8, 4) is 5.75 Å². The Hall–Kier alpha value is -3.13. The minimum absolute atomic E-state index is 0.0475. The first kappa shape index (κ1) is 20.6. The zero-order valence-electron chi connectivity index (χ0n) is 16.0. The van der Waals surface area contributed by atoms with Crippen LogP contribution in [0.3, 0.4) is 0 Å². The number of amides is 2. The number of aryl methyl sites for hydroxylation is 1. The molecule has 152 valence electrons. The van der Waals surface area contributed by atoms with Crippen LogP contribution in [0.25, 0.3) is 0 Å². The van der Waals surface area contributed by atoms with Gasteiger partial charge in [0.15, 0.2) is 0 Å². The zero-order valence-corrected chi connectivity index (χ0v) is 16.7. The van der Waals surface area contributed by atoms with Crippen LogP contribution >= 0.6 is 11.6 Å². The van der Waals surface area contributed by atoms with Gasteiger partial charge in [-0.05, 0) is 50.1 Å². The maximum Gasteiger partial charge on any atom is 0.272 e. The Labute approximate surface area is 172 Å². The number of ether oxygens (including phenoxy) is 1. The van der Waals surface area contributed by atoms with Crippen molar-refractivity contribution in [3.63, 3.8) is 0 Å². The normalized spacial score (nSPS) is 15.8. The molecule has 1 unspecified atom stereocenters. The molecular weight excluding hydrogens is 398 g/mol. The predicted molar refractivity (Wildman–Crippen MR) is 109 cm³/mol. The Balaban J connectivity index is 1.76. The number of methoxy groups -OCH3 is 1. The lowest BCUT2D eigenvalue weighted by molar-refractivity contribution is -0.385. The van der Waals surface area contributed by atoms with Gasteiger partial charge in [0.1, 0.15) is 11.8 Å². The number of nitrogens with zero attached hydrogens (tertiary/aromatic N) is 2. The molecule has 0 aliphatic carbocycles. The number of nitro groups is 1. The minimum atomic E-state index is -0.626. The molecule has 0 spiro atoms. The summed E-state index contributed by atoms with van der Waals surface area (Å²) < 4.78 is 5.10. The van der Waals surface area contributed by atoms with E-state index < -0.39 is 11.0 Å². The van der Waals surface area contributed by atoms with E-state index in [0.29, 0.717) is 47.0 Å². The van der Waals surface area contributed by atoms with Gasteiger partial charge in [-0.1, -0.05) is 11.6 Å². The van der Waals surface area contributed by atoms with Crippen LogP contribution in [0.1, 0.15) is 28.8 Å².